The highest BCUT2D eigenvalue weighted by atomic mass is 16.5. The zero-order valence-corrected chi connectivity index (χ0v) is 10.9. The first kappa shape index (κ1) is 12.7. The second kappa shape index (κ2) is 4.99. The molecule has 0 amide bonds. The number of aryl methyl sites for hydroxylation is 1. The van der Waals surface area contributed by atoms with Crippen molar-refractivity contribution in [2.24, 2.45) is 5.73 Å². The summed E-state index contributed by atoms with van der Waals surface area (Å²) in [5.74, 6) is 0.455. The SMILES string of the molecule is Cc1cc(-c2noc([C@@H](O)CN)n2)nc2ccccc12. The van der Waals surface area contributed by atoms with Crippen molar-refractivity contribution in [1.29, 1.82) is 0 Å². The van der Waals surface area contributed by atoms with Crippen molar-refractivity contribution in [3.63, 3.8) is 0 Å². The summed E-state index contributed by atoms with van der Waals surface area (Å²) in [6.45, 7) is 2.04. The Kier molecular flexibility index (Phi) is 3.17. The van der Waals surface area contributed by atoms with Gasteiger partial charge in [-0.3, -0.25) is 0 Å². The summed E-state index contributed by atoms with van der Waals surface area (Å²) >= 11 is 0. The van der Waals surface area contributed by atoms with Gasteiger partial charge in [0.2, 0.25) is 5.82 Å². The molecule has 3 aromatic rings. The number of hydrogen-bond acceptors (Lipinski definition) is 6. The Morgan fingerprint density at radius 2 is 2.10 bits per heavy atom. The highest BCUT2D eigenvalue weighted by Gasteiger charge is 2.16. The fraction of sp³-hybridized carbons (Fsp3) is 0.214. The average Bonchev–Trinajstić information content (AvgIpc) is 2.96. The van der Waals surface area contributed by atoms with E-state index in [2.05, 4.69) is 15.1 Å². The molecular weight excluding hydrogens is 256 g/mol. The zero-order valence-electron chi connectivity index (χ0n) is 10.9. The Bertz CT molecular complexity index is 754. The molecular formula is C14H14N4O2. The first-order valence-corrected chi connectivity index (χ1v) is 6.27. The second-order valence-corrected chi connectivity index (χ2v) is 4.55. The molecule has 6 heteroatoms. The van der Waals surface area contributed by atoms with Crippen LogP contribution < -0.4 is 5.73 Å². The van der Waals surface area contributed by atoms with Crippen LogP contribution >= 0.6 is 0 Å². The summed E-state index contributed by atoms with van der Waals surface area (Å²) < 4.78 is 4.99. The van der Waals surface area contributed by atoms with Crippen LogP contribution in [0.4, 0.5) is 0 Å². The van der Waals surface area contributed by atoms with Crippen molar-refractivity contribution < 1.29 is 9.63 Å². The second-order valence-electron chi connectivity index (χ2n) is 4.55. The van der Waals surface area contributed by atoms with Crippen LogP contribution in [-0.4, -0.2) is 26.8 Å². The van der Waals surface area contributed by atoms with Crippen molar-refractivity contribution in [3.05, 3.63) is 41.8 Å². The minimum atomic E-state index is -0.946. The summed E-state index contributed by atoms with van der Waals surface area (Å²) in [6, 6.07) is 9.74. The first-order chi connectivity index (χ1) is 9.69. The summed E-state index contributed by atoms with van der Waals surface area (Å²) in [7, 11) is 0. The molecule has 102 valence electrons. The fourth-order valence-electron chi connectivity index (χ4n) is 2.04. The minimum absolute atomic E-state index is 0.0335. The standard InChI is InChI=1S/C14H14N4O2/c1-8-6-11(16-10-5-3-2-4-9(8)10)13-17-14(20-18-13)12(19)7-15/h2-6,12,19H,7,15H2,1H3/t12-/m0/s1. The molecule has 1 aromatic carbocycles. The van der Waals surface area contributed by atoms with Gasteiger partial charge in [0.15, 0.2) is 0 Å². The number of fused-ring (bicyclic) bond motifs is 1. The van der Waals surface area contributed by atoms with Gasteiger partial charge < -0.3 is 15.4 Å². The van der Waals surface area contributed by atoms with E-state index in [1.807, 2.05) is 37.3 Å². The Morgan fingerprint density at radius 1 is 1.30 bits per heavy atom. The number of nitrogens with zero attached hydrogens (tertiary/aromatic N) is 3. The summed E-state index contributed by atoms with van der Waals surface area (Å²) in [5, 5.41) is 14.5. The molecule has 0 fully saturated rings. The van der Waals surface area contributed by atoms with Gasteiger partial charge in [-0.05, 0) is 24.6 Å². The number of rotatable bonds is 3. The van der Waals surface area contributed by atoms with Crippen LogP contribution in [-0.2, 0) is 0 Å². The van der Waals surface area contributed by atoms with Crippen molar-refractivity contribution in [2.45, 2.75) is 13.0 Å². The van der Waals surface area contributed by atoms with Crippen LogP contribution in [0, 0.1) is 6.92 Å². The monoisotopic (exact) mass is 270 g/mol. The first-order valence-electron chi connectivity index (χ1n) is 6.27. The fourth-order valence-corrected chi connectivity index (χ4v) is 2.04. The van der Waals surface area contributed by atoms with Crippen LogP contribution in [0.1, 0.15) is 17.6 Å². The van der Waals surface area contributed by atoms with E-state index in [4.69, 9.17) is 10.3 Å². The van der Waals surface area contributed by atoms with Gasteiger partial charge in [0.05, 0.1) is 5.52 Å². The predicted molar refractivity (Wildman–Crippen MR) is 73.8 cm³/mol. The number of benzene rings is 1. The summed E-state index contributed by atoms with van der Waals surface area (Å²) in [6.07, 6.45) is -0.946. The molecule has 2 heterocycles. The van der Waals surface area contributed by atoms with Crippen LogP contribution in [0.5, 0.6) is 0 Å². The van der Waals surface area contributed by atoms with Gasteiger partial charge in [0, 0.05) is 11.9 Å². The van der Waals surface area contributed by atoms with E-state index in [9.17, 15) is 5.11 Å². The molecule has 0 saturated heterocycles. The topological polar surface area (TPSA) is 98.1 Å². The lowest BCUT2D eigenvalue weighted by Crippen LogP contribution is -2.11. The highest BCUT2D eigenvalue weighted by molar-refractivity contribution is 5.84. The van der Waals surface area contributed by atoms with Crippen molar-refractivity contribution >= 4 is 10.9 Å². The largest absolute Gasteiger partial charge is 0.382 e. The van der Waals surface area contributed by atoms with E-state index in [0.717, 1.165) is 16.5 Å². The Hall–Kier alpha value is -2.31. The maximum absolute atomic E-state index is 9.57. The molecule has 20 heavy (non-hydrogen) atoms. The van der Waals surface area contributed by atoms with Crippen molar-refractivity contribution in [1.82, 2.24) is 15.1 Å². The summed E-state index contributed by atoms with van der Waals surface area (Å²) in [5.41, 5.74) is 7.92. The molecule has 0 aliphatic carbocycles. The van der Waals surface area contributed by atoms with Crippen molar-refractivity contribution in [2.75, 3.05) is 6.54 Å². The zero-order chi connectivity index (χ0) is 14.1. The third kappa shape index (κ3) is 2.15. The molecule has 6 nitrogen and oxygen atoms in total. The number of nitrogens with two attached hydrogens (primary N) is 1. The van der Waals surface area contributed by atoms with Gasteiger partial charge >= 0.3 is 0 Å². The van der Waals surface area contributed by atoms with Gasteiger partial charge in [-0.15, -0.1) is 0 Å². The van der Waals surface area contributed by atoms with Gasteiger partial charge in [0.25, 0.3) is 5.89 Å². The maximum Gasteiger partial charge on any atom is 0.257 e. The summed E-state index contributed by atoms with van der Waals surface area (Å²) in [4.78, 5) is 8.64. The molecule has 0 saturated carbocycles. The molecule has 2 aromatic heterocycles. The number of aromatic nitrogens is 3. The van der Waals surface area contributed by atoms with Crippen LogP contribution in [0.15, 0.2) is 34.9 Å². The van der Waals surface area contributed by atoms with Crippen LogP contribution in [0.2, 0.25) is 0 Å². The molecule has 0 spiro atoms. The van der Waals surface area contributed by atoms with Crippen LogP contribution in [0.3, 0.4) is 0 Å². The predicted octanol–water partition coefficient (Wildman–Crippen LogP) is 1.59. The quantitative estimate of drug-likeness (QED) is 0.750. The van der Waals surface area contributed by atoms with Gasteiger partial charge in [0.1, 0.15) is 11.8 Å². The molecule has 3 N–H and O–H groups in total. The molecule has 3 rings (SSSR count). The molecule has 0 aliphatic heterocycles. The van der Waals surface area contributed by atoms with Gasteiger partial charge in [-0.1, -0.05) is 23.4 Å². The van der Waals surface area contributed by atoms with E-state index in [0.29, 0.717) is 11.5 Å². The number of para-hydroxylation sites is 1. The van der Waals surface area contributed by atoms with Crippen molar-refractivity contribution in [3.8, 4) is 11.5 Å². The molecule has 0 bridgehead atoms. The van der Waals surface area contributed by atoms with Crippen LogP contribution in [0.25, 0.3) is 22.4 Å². The number of aliphatic hydroxyl groups excluding tert-OH is 1. The number of hydrogen-bond donors (Lipinski definition) is 2. The minimum Gasteiger partial charge on any atom is -0.382 e. The number of pyridine rings is 1. The van der Waals surface area contributed by atoms with E-state index < -0.39 is 6.10 Å². The van der Waals surface area contributed by atoms with E-state index in [1.54, 1.807) is 0 Å². The Balaban J connectivity index is 2.08. The molecule has 1 atom stereocenters. The Labute approximate surface area is 115 Å². The third-order valence-corrected chi connectivity index (χ3v) is 3.10. The lowest BCUT2D eigenvalue weighted by molar-refractivity contribution is 0.141. The third-order valence-electron chi connectivity index (χ3n) is 3.10. The molecule has 0 unspecified atom stereocenters. The number of aliphatic hydroxyl groups is 1. The average molecular weight is 270 g/mol. The smallest absolute Gasteiger partial charge is 0.257 e. The van der Waals surface area contributed by atoms with E-state index in [-0.39, 0.29) is 12.4 Å². The highest BCUT2D eigenvalue weighted by Crippen LogP contribution is 2.23. The Morgan fingerprint density at radius 3 is 2.90 bits per heavy atom. The normalized spacial score (nSPS) is 12.8. The maximum atomic E-state index is 9.57. The molecule has 0 aliphatic rings. The van der Waals surface area contributed by atoms with Gasteiger partial charge in [-0.25, -0.2) is 4.98 Å². The van der Waals surface area contributed by atoms with E-state index in [1.165, 1.54) is 0 Å². The van der Waals surface area contributed by atoms with Gasteiger partial charge in [-0.2, -0.15) is 4.98 Å². The van der Waals surface area contributed by atoms with E-state index >= 15 is 0 Å². The molecule has 0 radical (unpaired) electrons. The lowest BCUT2D eigenvalue weighted by Gasteiger charge is -2.03. The lowest BCUT2D eigenvalue weighted by atomic mass is 10.1.